The maximum atomic E-state index is 12.0. The third-order valence-electron chi connectivity index (χ3n) is 2.11. The molecular weight excluding hydrogens is 287 g/mol. The molecule has 0 aliphatic rings. The van der Waals surface area contributed by atoms with Crippen LogP contribution < -0.4 is 9.46 Å². The molecule has 0 spiro atoms. The van der Waals surface area contributed by atoms with Gasteiger partial charge >= 0.3 is 6.36 Å². The molecule has 0 radical (unpaired) electrons. The lowest BCUT2D eigenvalue weighted by Crippen LogP contribution is -2.28. The molecule has 2 N–H and O–H groups in total. The maximum Gasteiger partial charge on any atom is 0.573 e. The average Bonchev–Trinajstić information content (AvgIpc) is 2.25. The zero-order chi connectivity index (χ0) is 14.7. The van der Waals surface area contributed by atoms with Gasteiger partial charge in [0.2, 0.25) is 10.0 Å². The molecule has 9 heteroatoms. The van der Waals surface area contributed by atoms with Crippen molar-refractivity contribution in [1.82, 2.24) is 0 Å². The third-order valence-corrected chi connectivity index (χ3v) is 3.84. The highest BCUT2D eigenvalue weighted by Gasteiger charge is 2.31. The molecule has 1 rings (SSSR count). The van der Waals surface area contributed by atoms with Crippen LogP contribution in [0.15, 0.2) is 24.3 Å². The number of rotatable bonds is 5. The largest absolute Gasteiger partial charge is 0.573 e. The average molecular weight is 299 g/mol. The number of halogens is 3. The van der Waals surface area contributed by atoms with E-state index in [2.05, 4.69) is 9.46 Å². The summed E-state index contributed by atoms with van der Waals surface area (Å²) in [7, 11) is -3.86. The minimum atomic E-state index is -4.85. The van der Waals surface area contributed by atoms with Gasteiger partial charge in [-0.15, -0.1) is 13.2 Å². The van der Waals surface area contributed by atoms with Crippen molar-refractivity contribution in [3.8, 4) is 5.75 Å². The molecule has 0 fully saturated rings. The molecule has 1 aromatic carbocycles. The molecule has 1 aromatic rings. The molecule has 0 saturated heterocycles. The molecule has 0 aliphatic heterocycles. The van der Waals surface area contributed by atoms with E-state index in [0.717, 1.165) is 12.1 Å². The lowest BCUT2D eigenvalue weighted by atomic mass is 10.3. The Kier molecular flexibility index (Phi) is 4.64. The van der Waals surface area contributed by atoms with Gasteiger partial charge in [-0.1, -0.05) is 6.07 Å². The second kappa shape index (κ2) is 5.66. The van der Waals surface area contributed by atoms with Crippen molar-refractivity contribution in [1.29, 1.82) is 0 Å². The number of benzene rings is 1. The molecule has 0 saturated carbocycles. The maximum absolute atomic E-state index is 12.0. The molecule has 1 unspecified atom stereocenters. The first-order valence-corrected chi connectivity index (χ1v) is 6.67. The Morgan fingerprint density at radius 3 is 2.58 bits per heavy atom. The molecule has 108 valence electrons. The number of hydrogen-bond acceptors (Lipinski definition) is 4. The summed E-state index contributed by atoms with van der Waals surface area (Å²) in [6, 6.07) is 4.42. The van der Waals surface area contributed by atoms with Crippen LogP contribution in [-0.2, 0) is 10.0 Å². The fourth-order valence-corrected chi connectivity index (χ4v) is 1.97. The first-order chi connectivity index (χ1) is 8.64. The number of aliphatic hydroxyl groups excluding tert-OH is 1. The summed E-state index contributed by atoms with van der Waals surface area (Å²) in [5.41, 5.74) is -0.0814. The molecule has 0 heterocycles. The van der Waals surface area contributed by atoms with Crippen LogP contribution in [0.3, 0.4) is 0 Å². The third kappa shape index (κ3) is 4.95. The summed E-state index contributed by atoms with van der Waals surface area (Å²) < 4.78 is 64.9. The van der Waals surface area contributed by atoms with Gasteiger partial charge in [0.15, 0.2) is 0 Å². The van der Waals surface area contributed by atoms with Gasteiger partial charge in [0.25, 0.3) is 0 Å². The summed E-state index contributed by atoms with van der Waals surface area (Å²) in [5.74, 6) is -0.538. The standard InChI is InChI=1S/C10H12F3NO4S/c1-7(6-15)19(16,17)14-8-3-2-4-9(5-8)18-10(11,12)13/h2-5,7,14-15H,6H2,1H3. The van der Waals surface area contributed by atoms with Crippen molar-refractivity contribution in [2.45, 2.75) is 18.5 Å². The van der Waals surface area contributed by atoms with Crippen LogP contribution in [0.25, 0.3) is 0 Å². The first-order valence-electron chi connectivity index (χ1n) is 5.12. The Bertz CT molecular complexity index is 530. The van der Waals surface area contributed by atoms with Crippen molar-refractivity contribution in [2.24, 2.45) is 0 Å². The normalized spacial score (nSPS) is 13.9. The predicted octanol–water partition coefficient (Wildman–Crippen LogP) is 1.71. The van der Waals surface area contributed by atoms with Crippen molar-refractivity contribution < 1.29 is 31.4 Å². The highest BCUT2D eigenvalue weighted by Crippen LogP contribution is 2.25. The Hall–Kier alpha value is -1.48. The van der Waals surface area contributed by atoms with E-state index in [0.29, 0.717) is 0 Å². The van der Waals surface area contributed by atoms with Crippen LogP contribution in [0.4, 0.5) is 18.9 Å². The van der Waals surface area contributed by atoms with Crippen LogP contribution in [0.2, 0.25) is 0 Å². The molecule has 0 aliphatic carbocycles. The van der Waals surface area contributed by atoms with Gasteiger partial charge in [0, 0.05) is 6.07 Å². The number of sulfonamides is 1. The smallest absolute Gasteiger partial charge is 0.406 e. The van der Waals surface area contributed by atoms with E-state index >= 15 is 0 Å². The summed E-state index contributed by atoms with van der Waals surface area (Å²) >= 11 is 0. The van der Waals surface area contributed by atoms with Gasteiger partial charge in [-0.05, 0) is 19.1 Å². The molecule has 0 bridgehead atoms. The molecule has 5 nitrogen and oxygen atoms in total. The second-order valence-corrected chi connectivity index (χ2v) is 5.81. The van der Waals surface area contributed by atoms with E-state index < -0.39 is 34.0 Å². The molecule has 0 amide bonds. The van der Waals surface area contributed by atoms with Crippen molar-refractivity contribution in [3.63, 3.8) is 0 Å². The Balaban J connectivity index is 2.89. The van der Waals surface area contributed by atoms with Crippen molar-refractivity contribution in [2.75, 3.05) is 11.3 Å². The number of anilines is 1. The van der Waals surface area contributed by atoms with Gasteiger partial charge in [-0.3, -0.25) is 4.72 Å². The Morgan fingerprint density at radius 2 is 2.05 bits per heavy atom. The quantitative estimate of drug-likeness (QED) is 0.868. The number of nitrogens with one attached hydrogen (secondary N) is 1. The SMILES string of the molecule is CC(CO)S(=O)(=O)Nc1cccc(OC(F)(F)F)c1. The Morgan fingerprint density at radius 1 is 1.42 bits per heavy atom. The first kappa shape index (κ1) is 15.6. The van der Waals surface area contributed by atoms with Gasteiger partial charge in [0.1, 0.15) is 11.0 Å². The summed E-state index contributed by atoms with van der Waals surface area (Å²) in [5, 5.41) is 7.68. The van der Waals surface area contributed by atoms with Crippen LogP contribution in [0, 0.1) is 0 Å². The van der Waals surface area contributed by atoms with Crippen molar-refractivity contribution >= 4 is 15.7 Å². The fourth-order valence-electron chi connectivity index (χ4n) is 1.12. The number of ether oxygens (including phenoxy) is 1. The zero-order valence-electron chi connectivity index (χ0n) is 9.81. The van der Waals surface area contributed by atoms with E-state index in [9.17, 15) is 21.6 Å². The van der Waals surface area contributed by atoms with E-state index in [1.807, 2.05) is 0 Å². The summed E-state index contributed by atoms with van der Waals surface area (Å²) in [4.78, 5) is 0. The Labute approximate surface area is 108 Å². The number of hydrogen-bond donors (Lipinski definition) is 2. The molecule has 19 heavy (non-hydrogen) atoms. The lowest BCUT2D eigenvalue weighted by Gasteiger charge is -2.14. The fraction of sp³-hybridized carbons (Fsp3) is 0.400. The molecule has 0 aromatic heterocycles. The van der Waals surface area contributed by atoms with Crippen LogP contribution >= 0.6 is 0 Å². The van der Waals surface area contributed by atoms with Crippen LogP contribution in [0.1, 0.15) is 6.92 Å². The molecular formula is C10H12F3NO4S. The summed E-state index contributed by atoms with van der Waals surface area (Å²) in [6.45, 7) is 0.659. The minimum absolute atomic E-state index is 0.0814. The van der Waals surface area contributed by atoms with E-state index in [4.69, 9.17) is 5.11 Å². The van der Waals surface area contributed by atoms with Gasteiger partial charge in [-0.25, -0.2) is 8.42 Å². The molecule has 1 atom stereocenters. The number of alkyl halides is 3. The highest BCUT2D eigenvalue weighted by molar-refractivity contribution is 7.93. The van der Waals surface area contributed by atoms with E-state index in [-0.39, 0.29) is 5.69 Å². The highest BCUT2D eigenvalue weighted by atomic mass is 32.2. The zero-order valence-corrected chi connectivity index (χ0v) is 10.6. The van der Waals surface area contributed by atoms with Crippen LogP contribution in [-0.4, -0.2) is 31.7 Å². The van der Waals surface area contributed by atoms with Crippen LogP contribution in [0.5, 0.6) is 5.75 Å². The topological polar surface area (TPSA) is 75.6 Å². The lowest BCUT2D eigenvalue weighted by molar-refractivity contribution is -0.274. The van der Waals surface area contributed by atoms with Gasteiger partial charge < -0.3 is 9.84 Å². The predicted molar refractivity (Wildman–Crippen MR) is 62.2 cm³/mol. The second-order valence-electron chi connectivity index (χ2n) is 3.72. The van der Waals surface area contributed by atoms with Crippen molar-refractivity contribution in [3.05, 3.63) is 24.3 Å². The van der Waals surface area contributed by atoms with E-state index in [1.165, 1.54) is 19.1 Å². The van der Waals surface area contributed by atoms with E-state index in [1.54, 1.807) is 0 Å². The minimum Gasteiger partial charge on any atom is -0.406 e. The van der Waals surface area contributed by atoms with Gasteiger partial charge in [-0.2, -0.15) is 0 Å². The monoisotopic (exact) mass is 299 g/mol. The number of aliphatic hydroxyl groups is 1. The summed E-state index contributed by atoms with van der Waals surface area (Å²) in [6.07, 6.45) is -4.85. The van der Waals surface area contributed by atoms with Gasteiger partial charge in [0.05, 0.1) is 12.3 Å².